The number of carbonyl (C=O) groups excluding carboxylic acids is 3. The van der Waals surface area contributed by atoms with Crippen molar-refractivity contribution < 1.29 is 33.3 Å². The first-order valence-corrected chi connectivity index (χ1v) is 6.94. The lowest BCUT2D eigenvalue weighted by atomic mass is 9.95. The third-order valence-corrected chi connectivity index (χ3v) is 3.61. The minimum atomic E-state index is -0.908. The molecule has 2 rings (SSSR count). The van der Waals surface area contributed by atoms with E-state index in [0.717, 1.165) is 0 Å². The lowest BCUT2D eigenvalue weighted by Crippen LogP contribution is -2.54. The van der Waals surface area contributed by atoms with Crippen molar-refractivity contribution in [3.8, 4) is 0 Å². The predicted molar refractivity (Wildman–Crippen MR) is 69.2 cm³/mol. The fraction of sp³-hybridized carbons (Fsp3) is 0.786. The van der Waals surface area contributed by atoms with Crippen LogP contribution in [0.1, 0.15) is 40.5 Å². The van der Waals surface area contributed by atoms with E-state index in [2.05, 4.69) is 0 Å². The summed E-state index contributed by atoms with van der Waals surface area (Å²) < 4.78 is 21.6. The third kappa shape index (κ3) is 3.34. The molecule has 21 heavy (non-hydrogen) atoms. The fourth-order valence-electron chi connectivity index (χ4n) is 2.93. The number of esters is 3. The highest BCUT2D eigenvalue weighted by Gasteiger charge is 2.70. The van der Waals surface area contributed by atoms with Crippen LogP contribution in [0, 0.1) is 0 Å². The van der Waals surface area contributed by atoms with E-state index < -0.39 is 41.8 Å². The molecule has 5 atom stereocenters. The van der Waals surface area contributed by atoms with Crippen LogP contribution >= 0.6 is 0 Å². The molecule has 1 aliphatic carbocycles. The molecule has 0 N–H and O–H groups in total. The van der Waals surface area contributed by atoms with Gasteiger partial charge < -0.3 is 18.9 Å². The molecule has 0 aromatic heterocycles. The summed E-state index contributed by atoms with van der Waals surface area (Å²) in [6, 6.07) is 0. The number of hydrogen-bond donors (Lipinski definition) is 0. The Bertz CT molecular complexity index is 460. The number of hydrogen-bond acceptors (Lipinski definition) is 7. The maximum absolute atomic E-state index is 11.3. The summed E-state index contributed by atoms with van der Waals surface area (Å²) in [4.78, 5) is 33.7. The molecule has 0 amide bonds. The van der Waals surface area contributed by atoms with Crippen molar-refractivity contribution in [1.29, 1.82) is 0 Å². The zero-order chi connectivity index (χ0) is 15.8. The normalized spacial score (nSPS) is 37.7. The van der Waals surface area contributed by atoms with Crippen LogP contribution in [0.3, 0.4) is 0 Å². The topological polar surface area (TPSA) is 88.1 Å². The average molecular weight is 300 g/mol. The molecule has 2 fully saturated rings. The molecule has 0 aromatic carbocycles. The van der Waals surface area contributed by atoms with Crippen LogP contribution in [0.15, 0.2) is 0 Å². The second-order valence-corrected chi connectivity index (χ2v) is 5.60. The second-order valence-electron chi connectivity index (χ2n) is 5.60. The first-order valence-electron chi connectivity index (χ1n) is 6.94. The van der Waals surface area contributed by atoms with Crippen LogP contribution in [-0.2, 0) is 33.3 Å². The molecule has 7 heteroatoms. The van der Waals surface area contributed by atoms with E-state index >= 15 is 0 Å². The maximum Gasteiger partial charge on any atom is 0.303 e. The van der Waals surface area contributed by atoms with E-state index in [-0.39, 0.29) is 6.10 Å². The summed E-state index contributed by atoms with van der Waals surface area (Å²) in [6.07, 6.45) is -1.20. The quantitative estimate of drug-likeness (QED) is 0.561. The van der Waals surface area contributed by atoms with Gasteiger partial charge in [-0.05, 0) is 6.92 Å². The van der Waals surface area contributed by atoms with Crippen molar-refractivity contribution >= 4 is 17.9 Å². The van der Waals surface area contributed by atoms with Gasteiger partial charge in [0.2, 0.25) is 0 Å². The van der Waals surface area contributed by atoms with E-state index in [4.69, 9.17) is 18.9 Å². The Hall–Kier alpha value is -1.63. The van der Waals surface area contributed by atoms with Crippen LogP contribution in [0.25, 0.3) is 0 Å². The molecular weight excluding hydrogens is 280 g/mol. The molecule has 0 aromatic rings. The zero-order valence-corrected chi connectivity index (χ0v) is 12.6. The smallest absolute Gasteiger partial charge is 0.303 e. The summed E-state index contributed by atoms with van der Waals surface area (Å²) in [7, 11) is 0. The average Bonchev–Trinajstić information content (AvgIpc) is 2.94. The van der Waals surface area contributed by atoms with E-state index in [0.29, 0.717) is 12.8 Å². The van der Waals surface area contributed by atoms with Gasteiger partial charge in [0.05, 0.1) is 6.10 Å². The van der Waals surface area contributed by atoms with Crippen LogP contribution in [0.2, 0.25) is 0 Å². The van der Waals surface area contributed by atoms with Gasteiger partial charge in [0, 0.05) is 33.6 Å². The van der Waals surface area contributed by atoms with Crippen LogP contribution in [0.5, 0.6) is 0 Å². The molecule has 118 valence electrons. The van der Waals surface area contributed by atoms with E-state index in [1.54, 1.807) is 0 Å². The van der Waals surface area contributed by atoms with Crippen LogP contribution in [-0.4, -0.2) is 47.9 Å². The Labute approximate surface area is 122 Å². The highest BCUT2D eigenvalue weighted by atomic mass is 16.6. The Morgan fingerprint density at radius 3 is 2.10 bits per heavy atom. The summed E-state index contributed by atoms with van der Waals surface area (Å²) in [6.45, 7) is 5.72. The highest BCUT2D eigenvalue weighted by molar-refractivity contribution is 5.68. The summed E-state index contributed by atoms with van der Waals surface area (Å²) in [5.41, 5.74) is -0.908. The first kappa shape index (κ1) is 15.8. The first-order chi connectivity index (χ1) is 9.74. The van der Waals surface area contributed by atoms with Gasteiger partial charge in [-0.1, -0.05) is 0 Å². The van der Waals surface area contributed by atoms with Gasteiger partial charge in [-0.2, -0.15) is 0 Å². The van der Waals surface area contributed by atoms with Gasteiger partial charge in [0.25, 0.3) is 0 Å². The molecule has 1 saturated heterocycles. The standard InChI is InChI=1S/C14H20O7/c1-7-5-11(18-8(2)15)13(20-10(4)17)14(21-7)6-12(14)19-9(3)16/h7,11-13H,5-6H2,1-4H3/t7-,11+,12?,13-,14?/m0/s1. The summed E-state index contributed by atoms with van der Waals surface area (Å²) in [5, 5.41) is 0. The molecule has 0 bridgehead atoms. The fourth-order valence-corrected chi connectivity index (χ4v) is 2.93. The number of carbonyl (C=O) groups is 3. The molecule has 2 aliphatic rings. The van der Waals surface area contributed by atoms with E-state index in [1.165, 1.54) is 20.8 Å². The van der Waals surface area contributed by atoms with Crippen LogP contribution in [0.4, 0.5) is 0 Å². The van der Waals surface area contributed by atoms with Crippen molar-refractivity contribution in [2.24, 2.45) is 0 Å². The molecule has 1 spiro atoms. The van der Waals surface area contributed by atoms with Crippen molar-refractivity contribution in [2.75, 3.05) is 0 Å². The SMILES string of the molecule is CC(=O)OC1CC12O[C@@H](C)C[C@@H](OC(C)=O)[C@@H]2OC(C)=O. The van der Waals surface area contributed by atoms with Crippen LogP contribution < -0.4 is 0 Å². The monoisotopic (exact) mass is 300 g/mol. The Balaban J connectivity index is 2.21. The van der Waals surface area contributed by atoms with Gasteiger partial charge >= 0.3 is 17.9 Å². The Morgan fingerprint density at radius 2 is 1.57 bits per heavy atom. The predicted octanol–water partition coefficient (Wildman–Crippen LogP) is 0.733. The zero-order valence-electron chi connectivity index (χ0n) is 12.6. The van der Waals surface area contributed by atoms with Crippen molar-refractivity contribution in [1.82, 2.24) is 0 Å². The lowest BCUT2D eigenvalue weighted by molar-refractivity contribution is -0.220. The Morgan fingerprint density at radius 1 is 1.00 bits per heavy atom. The minimum Gasteiger partial charge on any atom is -0.459 e. The molecule has 1 saturated carbocycles. The van der Waals surface area contributed by atoms with Gasteiger partial charge in [-0.25, -0.2) is 0 Å². The summed E-state index contributed by atoms with van der Waals surface area (Å²) >= 11 is 0. The van der Waals surface area contributed by atoms with Gasteiger partial charge in [-0.3, -0.25) is 14.4 Å². The third-order valence-electron chi connectivity index (χ3n) is 3.61. The van der Waals surface area contributed by atoms with E-state index in [9.17, 15) is 14.4 Å². The minimum absolute atomic E-state index is 0.193. The van der Waals surface area contributed by atoms with Crippen molar-refractivity contribution in [3.63, 3.8) is 0 Å². The van der Waals surface area contributed by atoms with E-state index in [1.807, 2.05) is 6.92 Å². The highest BCUT2D eigenvalue weighted by Crippen LogP contribution is 2.52. The molecular formula is C14H20O7. The maximum atomic E-state index is 11.3. The lowest BCUT2D eigenvalue weighted by Gasteiger charge is -2.40. The molecule has 1 aliphatic heterocycles. The molecule has 0 radical (unpaired) electrons. The van der Waals surface area contributed by atoms with Crippen molar-refractivity contribution in [3.05, 3.63) is 0 Å². The number of rotatable bonds is 3. The number of ether oxygens (including phenoxy) is 4. The molecule has 1 heterocycles. The Kier molecular flexibility index (Phi) is 4.22. The summed E-state index contributed by atoms with van der Waals surface area (Å²) in [5.74, 6) is -1.38. The van der Waals surface area contributed by atoms with Gasteiger partial charge in [-0.15, -0.1) is 0 Å². The van der Waals surface area contributed by atoms with Crippen molar-refractivity contribution in [2.45, 2.75) is 70.6 Å². The molecule has 2 unspecified atom stereocenters. The largest absolute Gasteiger partial charge is 0.459 e. The second kappa shape index (κ2) is 5.63. The molecule has 7 nitrogen and oxygen atoms in total. The van der Waals surface area contributed by atoms with Gasteiger partial charge in [0.1, 0.15) is 17.8 Å². The van der Waals surface area contributed by atoms with Gasteiger partial charge in [0.15, 0.2) is 6.10 Å².